The van der Waals surface area contributed by atoms with E-state index in [-0.39, 0.29) is 16.7 Å². The average Bonchev–Trinajstić information content (AvgIpc) is 2.55. The van der Waals surface area contributed by atoms with Crippen LogP contribution >= 0.6 is 0 Å². The Labute approximate surface area is 97.7 Å². The van der Waals surface area contributed by atoms with Crippen molar-refractivity contribution in [1.82, 2.24) is 9.78 Å². The Morgan fingerprint density at radius 1 is 1.35 bits per heavy atom. The molecule has 0 aliphatic rings. The maximum Gasteiger partial charge on any atom is 0.335 e. The fourth-order valence-corrected chi connectivity index (χ4v) is 1.72. The molecular formula is C12H14N2O3. The minimum atomic E-state index is -1.00. The average molecular weight is 234 g/mol. The van der Waals surface area contributed by atoms with E-state index in [1.807, 2.05) is 20.8 Å². The number of carbonyl (C=O) groups is 1. The second-order valence-electron chi connectivity index (χ2n) is 4.99. The lowest BCUT2D eigenvalue weighted by atomic mass is 10.1. The molecule has 2 rings (SSSR count). The van der Waals surface area contributed by atoms with E-state index in [1.54, 1.807) is 6.07 Å². The summed E-state index contributed by atoms with van der Waals surface area (Å²) in [4.78, 5) is 22.9. The van der Waals surface area contributed by atoms with E-state index < -0.39 is 5.97 Å². The van der Waals surface area contributed by atoms with Crippen LogP contribution in [-0.4, -0.2) is 20.9 Å². The number of H-pyrrole nitrogens is 1. The van der Waals surface area contributed by atoms with E-state index in [2.05, 4.69) is 5.10 Å². The molecule has 90 valence electrons. The van der Waals surface area contributed by atoms with Crippen LogP contribution in [0.2, 0.25) is 0 Å². The maximum atomic E-state index is 12.0. The first-order valence-electron chi connectivity index (χ1n) is 5.29. The van der Waals surface area contributed by atoms with Crippen LogP contribution in [-0.2, 0) is 5.54 Å². The van der Waals surface area contributed by atoms with Crippen LogP contribution in [0, 0.1) is 0 Å². The van der Waals surface area contributed by atoms with Gasteiger partial charge in [0.25, 0.3) is 5.56 Å². The van der Waals surface area contributed by atoms with E-state index in [0.29, 0.717) is 10.9 Å². The Hall–Kier alpha value is -2.04. The molecule has 0 saturated heterocycles. The summed E-state index contributed by atoms with van der Waals surface area (Å²) in [6.45, 7) is 5.71. The zero-order valence-corrected chi connectivity index (χ0v) is 9.94. The molecule has 1 heterocycles. The molecule has 0 radical (unpaired) electrons. The molecule has 0 fully saturated rings. The van der Waals surface area contributed by atoms with Gasteiger partial charge in [-0.15, -0.1) is 0 Å². The summed E-state index contributed by atoms with van der Waals surface area (Å²) in [5.41, 5.74) is 0.216. The minimum absolute atomic E-state index is 0.135. The standard InChI is InChI=1S/C12H14N2O3/c1-12(2,3)14-10(15)8-5-4-7(11(16)17)6-9(8)13-14/h4-6,13H,1-3H3,(H,16,17). The number of benzene rings is 1. The van der Waals surface area contributed by atoms with Gasteiger partial charge in [0.2, 0.25) is 0 Å². The van der Waals surface area contributed by atoms with Gasteiger partial charge in [0.05, 0.1) is 22.0 Å². The number of rotatable bonds is 1. The summed E-state index contributed by atoms with van der Waals surface area (Å²) in [6.07, 6.45) is 0. The van der Waals surface area contributed by atoms with Gasteiger partial charge in [0.15, 0.2) is 0 Å². The SMILES string of the molecule is CC(C)(C)n1[nH]c2cc(C(=O)O)ccc2c1=O. The minimum Gasteiger partial charge on any atom is -0.478 e. The lowest BCUT2D eigenvalue weighted by Gasteiger charge is -2.18. The summed E-state index contributed by atoms with van der Waals surface area (Å²) in [6, 6.07) is 4.45. The van der Waals surface area contributed by atoms with E-state index in [0.717, 1.165) is 0 Å². The van der Waals surface area contributed by atoms with Gasteiger partial charge < -0.3 is 5.11 Å². The normalized spacial score (nSPS) is 11.9. The number of carboxylic acid groups (broad SMARTS) is 1. The number of hydrogen-bond acceptors (Lipinski definition) is 2. The molecular weight excluding hydrogens is 220 g/mol. The Kier molecular flexibility index (Phi) is 2.34. The molecule has 17 heavy (non-hydrogen) atoms. The van der Waals surface area contributed by atoms with Crippen LogP contribution < -0.4 is 5.56 Å². The highest BCUT2D eigenvalue weighted by molar-refractivity contribution is 5.92. The molecule has 0 bridgehead atoms. The number of hydrogen-bond donors (Lipinski definition) is 2. The molecule has 2 aromatic rings. The number of fused-ring (bicyclic) bond motifs is 1. The topological polar surface area (TPSA) is 75.1 Å². The molecule has 0 atom stereocenters. The summed E-state index contributed by atoms with van der Waals surface area (Å²) in [7, 11) is 0. The predicted molar refractivity (Wildman–Crippen MR) is 64.5 cm³/mol. The first kappa shape index (κ1) is 11.4. The van der Waals surface area contributed by atoms with Gasteiger partial charge in [-0.25, -0.2) is 9.48 Å². The third kappa shape index (κ3) is 1.84. The lowest BCUT2D eigenvalue weighted by Crippen LogP contribution is -2.32. The summed E-state index contributed by atoms with van der Waals surface area (Å²) in [5, 5.41) is 12.3. The van der Waals surface area contributed by atoms with Crippen LogP contribution in [0.25, 0.3) is 10.9 Å². The van der Waals surface area contributed by atoms with Crippen LogP contribution in [0.4, 0.5) is 0 Å². The molecule has 0 amide bonds. The van der Waals surface area contributed by atoms with Crippen molar-refractivity contribution >= 4 is 16.9 Å². The van der Waals surface area contributed by atoms with Crippen molar-refractivity contribution in [3.8, 4) is 0 Å². The van der Waals surface area contributed by atoms with Gasteiger partial charge in [-0.2, -0.15) is 0 Å². The molecule has 1 aromatic heterocycles. The smallest absolute Gasteiger partial charge is 0.335 e. The van der Waals surface area contributed by atoms with Gasteiger partial charge in [-0.3, -0.25) is 9.89 Å². The van der Waals surface area contributed by atoms with Crippen molar-refractivity contribution in [2.45, 2.75) is 26.3 Å². The van der Waals surface area contributed by atoms with Crippen LogP contribution in [0.3, 0.4) is 0 Å². The quantitative estimate of drug-likeness (QED) is 0.789. The van der Waals surface area contributed by atoms with E-state index in [4.69, 9.17) is 5.11 Å². The third-order valence-corrected chi connectivity index (χ3v) is 2.60. The van der Waals surface area contributed by atoms with Crippen LogP contribution in [0.5, 0.6) is 0 Å². The second-order valence-corrected chi connectivity index (χ2v) is 4.99. The van der Waals surface area contributed by atoms with Gasteiger partial charge in [-0.1, -0.05) is 0 Å². The summed E-state index contributed by atoms with van der Waals surface area (Å²) < 4.78 is 1.50. The highest BCUT2D eigenvalue weighted by Gasteiger charge is 2.18. The highest BCUT2D eigenvalue weighted by atomic mass is 16.4. The Balaban J connectivity index is 2.74. The number of nitrogens with one attached hydrogen (secondary N) is 1. The zero-order chi connectivity index (χ0) is 12.8. The van der Waals surface area contributed by atoms with Gasteiger partial charge in [0, 0.05) is 0 Å². The first-order chi connectivity index (χ1) is 7.80. The lowest BCUT2D eigenvalue weighted by molar-refractivity contribution is 0.0697. The molecule has 2 N–H and O–H groups in total. The van der Waals surface area contributed by atoms with E-state index in [1.165, 1.54) is 16.8 Å². The highest BCUT2D eigenvalue weighted by Crippen LogP contribution is 2.15. The monoisotopic (exact) mass is 234 g/mol. The second kappa shape index (κ2) is 3.48. The van der Waals surface area contributed by atoms with Crippen molar-refractivity contribution < 1.29 is 9.90 Å². The van der Waals surface area contributed by atoms with Crippen LogP contribution in [0.1, 0.15) is 31.1 Å². The number of aromatic nitrogens is 2. The Morgan fingerprint density at radius 3 is 2.53 bits per heavy atom. The largest absolute Gasteiger partial charge is 0.478 e. The van der Waals surface area contributed by atoms with Gasteiger partial charge >= 0.3 is 5.97 Å². The van der Waals surface area contributed by atoms with Crippen LogP contribution in [0.15, 0.2) is 23.0 Å². The zero-order valence-electron chi connectivity index (χ0n) is 9.94. The number of aromatic carboxylic acids is 1. The molecule has 0 saturated carbocycles. The van der Waals surface area contributed by atoms with E-state index >= 15 is 0 Å². The predicted octanol–water partition coefficient (Wildman–Crippen LogP) is 1.78. The number of aromatic amines is 1. The van der Waals surface area contributed by atoms with Crippen molar-refractivity contribution in [1.29, 1.82) is 0 Å². The van der Waals surface area contributed by atoms with Gasteiger partial charge in [-0.05, 0) is 39.0 Å². The maximum absolute atomic E-state index is 12.0. The molecule has 0 spiro atoms. The number of nitrogens with zero attached hydrogens (tertiary/aromatic N) is 1. The molecule has 1 aromatic carbocycles. The molecule has 0 aliphatic carbocycles. The Bertz CT molecular complexity index is 644. The van der Waals surface area contributed by atoms with E-state index in [9.17, 15) is 9.59 Å². The molecule has 0 aliphatic heterocycles. The number of carboxylic acids is 1. The third-order valence-electron chi connectivity index (χ3n) is 2.60. The van der Waals surface area contributed by atoms with Crippen molar-refractivity contribution in [3.05, 3.63) is 34.1 Å². The van der Waals surface area contributed by atoms with Crippen molar-refractivity contribution in [2.75, 3.05) is 0 Å². The first-order valence-corrected chi connectivity index (χ1v) is 5.29. The summed E-state index contributed by atoms with van der Waals surface area (Å²) in [5.74, 6) is -1.00. The molecule has 5 nitrogen and oxygen atoms in total. The summed E-state index contributed by atoms with van der Waals surface area (Å²) >= 11 is 0. The molecule has 0 unspecified atom stereocenters. The van der Waals surface area contributed by atoms with Gasteiger partial charge in [0.1, 0.15) is 0 Å². The fraction of sp³-hybridized carbons (Fsp3) is 0.333. The Morgan fingerprint density at radius 2 is 2.00 bits per heavy atom. The fourth-order valence-electron chi connectivity index (χ4n) is 1.72. The van der Waals surface area contributed by atoms with Crippen molar-refractivity contribution in [2.24, 2.45) is 0 Å². The van der Waals surface area contributed by atoms with Crippen molar-refractivity contribution in [3.63, 3.8) is 0 Å². The molecule has 5 heteroatoms.